The second kappa shape index (κ2) is 11.8. The largest absolute Gasteiger partial charge is 0.456 e. The van der Waals surface area contributed by atoms with Gasteiger partial charge in [0.25, 0.3) is 0 Å². The highest BCUT2D eigenvalue weighted by molar-refractivity contribution is 5.90. The van der Waals surface area contributed by atoms with Crippen molar-refractivity contribution in [1.29, 1.82) is 0 Å². The molecule has 8 atom stereocenters. The van der Waals surface area contributed by atoms with E-state index in [4.69, 9.17) is 4.74 Å². The van der Waals surface area contributed by atoms with Crippen molar-refractivity contribution in [3.63, 3.8) is 0 Å². The number of rotatable bonds is 4. The molecule has 1 aromatic carbocycles. The molecule has 248 valence electrons. The molecule has 1 aromatic rings. The van der Waals surface area contributed by atoms with Gasteiger partial charge in [0.2, 0.25) is 0 Å². The van der Waals surface area contributed by atoms with Gasteiger partial charge in [0.1, 0.15) is 11.9 Å². The van der Waals surface area contributed by atoms with Crippen molar-refractivity contribution in [2.24, 2.45) is 50.7 Å². The third-order valence-electron chi connectivity index (χ3n) is 14.4. The van der Waals surface area contributed by atoms with Gasteiger partial charge in [-0.05, 0) is 159 Å². The summed E-state index contributed by atoms with van der Waals surface area (Å²) in [6, 6.07) is 8.18. The maximum atomic E-state index is 12.7. The molecule has 0 N–H and O–H groups in total. The molecule has 45 heavy (non-hydrogen) atoms. The normalized spacial score (nSPS) is 39.8. The molecule has 0 bridgehead atoms. The number of benzene rings is 1. The minimum atomic E-state index is -0.493. The maximum absolute atomic E-state index is 12.7. The molecule has 3 heteroatoms. The zero-order chi connectivity index (χ0) is 33.1. The van der Waals surface area contributed by atoms with Crippen molar-refractivity contribution in [2.45, 2.75) is 139 Å². The van der Waals surface area contributed by atoms with E-state index in [-0.39, 0.29) is 16.8 Å². The molecule has 0 aromatic heterocycles. The fourth-order valence-corrected chi connectivity index (χ4v) is 12.4. The minimum Gasteiger partial charge on any atom is -0.456 e. The van der Waals surface area contributed by atoms with Gasteiger partial charge in [0.05, 0.1) is 5.56 Å². The highest BCUT2D eigenvalue weighted by Crippen LogP contribution is 2.77. The van der Waals surface area contributed by atoms with Crippen LogP contribution in [0.25, 0.3) is 5.57 Å². The Kier molecular flexibility index (Phi) is 8.98. The van der Waals surface area contributed by atoms with Crippen LogP contribution in [0.5, 0.6) is 0 Å². The molecule has 0 spiro atoms. The number of fused-ring (bicyclic) bond motifs is 7. The fourth-order valence-electron chi connectivity index (χ4n) is 12.4. The number of aldehydes is 1. The number of esters is 1. The SMILES string of the molecule is C=CC.CC(C)(C)OC(=O)c1ccc(C2=CCC3(C)C(CCC4(C)C3CCC3[C@H]5CCCC5(CC=O)CC[C@]34C)C2(C)C)cc1. The van der Waals surface area contributed by atoms with E-state index in [2.05, 4.69) is 59.4 Å². The monoisotopic (exact) mass is 614 g/mol. The predicted octanol–water partition coefficient (Wildman–Crippen LogP) is 11.3. The summed E-state index contributed by atoms with van der Waals surface area (Å²) in [5.74, 6) is 2.65. The number of carbonyl (C=O) groups excluding carboxylic acids is 2. The predicted molar refractivity (Wildman–Crippen MR) is 187 cm³/mol. The molecule has 5 aliphatic rings. The lowest BCUT2D eigenvalue weighted by Crippen LogP contribution is -2.65. The van der Waals surface area contributed by atoms with E-state index < -0.39 is 5.60 Å². The number of carbonyl (C=O) groups is 2. The second-order valence-electron chi connectivity index (χ2n) is 17.9. The van der Waals surface area contributed by atoms with E-state index in [1.807, 2.05) is 39.8 Å². The van der Waals surface area contributed by atoms with E-state index >= 15 is 0 Å². The Balaban J connectivity index is 0.00000128. The Hall–Kier alpha value is -2.16. The lowest BCUT2D eigenvalue weighted by molar-refractivity contribution is -0.222. The van der Waals surface area contributed by atoms with Crippen LogP contribution < -0.4 is 0 Å². The molecular weight excluding hydrogens is 552 g/mol. The first-order chi connectivity index (χ1) is 21.0. The van der Waals surface area contributed by atoms with Crippen molar-refractivity contribution in [3.8, 4) is 0 Å². The third-order valence-corrected chi connectivity index (χ3v) is 14.4. The molecule has 6 unspecified atom stereocenters. The topological polar surface area (TPSA) is 43.4 Å². The Morgan fingerprint density at radius 1 is 0.889 bits per heavy atom. The summed E-state index contributed by atoms with van der Waals surface area (Å²) in [4.78, 5) is 24.5. The van der Waals surface area contributed by atoms with Gasteiger partial charge in [-0.2, -0.15) is 0 Å². The van der Waals surface area contributed by atoms with Gasteiger partial charge in [0.15, 0.2) is 0 Å². The molecule has 0 saturated heterocycles. The van der Waals surface area contributed by atoms with Crippen LogP contribution in [0.15, 0.2) is 43.0 Å². The first kappa shape index (κ1) is 34.2. The van der Waals surface area contributed by atoms with Crippen molar-refractivity contribution in [2.75, 3.05) is 0 Å². The van der Waals surface area contributed by atoms with Gasteiger partial charge in [-0.3, -0.25) is 0 Å². The average Bonchev–Trinajstić information content (AvgIpc) is 3.37. The maximum Gasteiger partial charge on any atom is 0.338 e. The molecule has 5 aliphatic carbocycles. The van der Waals surface area contributed by atoms with Crippen LogP contribution in [-0.2, 0) is 9.53 Å². The highest BCUT2D eigenvalue weighted by atomic mass is 16.6. The van der Waals surface area contributed by atoms with E-state index in [1.165, 1.54) is 75.2 Å². The summed E-state index contributed by atoms with van der Waals surface area (Å²) in [5.41, 5.74) is 4.22. The van der Waals surface area contributed by atoms with Gasteiger partial charge < -0.3 is 9.53 Å². The van der Waals surface area contributed by atoms with E-state index in [1.54, 1.807) is 6.08 Å². The summed E-state index contributed by atoms with van der Waals surface area (Å²) in [6.07, 6.45) is 19.4. The summed E-state index contributed by atoms with van der Waals surface area (Å²) in [6.45, 7) is 24.0. The van der Waals surface area contributed by atoms with E-state index in [9.17, 15) is 9.59 Å². The van der Waals surface area contributed by atoms with Crippen LogP contribution in [0.3, 0.4) is 0 Å². The van der Waals surface area contributed by atoms with Gasteiger partial charge >= 0.3 is 5.97 Å². The van der Waals surface area contributed by atoms with Crippen LogP contribution in [0, 0.1) is 50.7 Å². The van der Waals surface area contributed by atoms with Crippen LogP contribution >= 0.6 is 0 Å². The Morgan fingerprint density at radius 3 is 2.18 bits per heavy atom. The molecule has 6 rings (SSSR count). The summed E-state index contributed by atoms with van der Waals surface area (Å²) in [7, 11) is 0. The minimum absolute atomic E-state index is 0.0661. The molecule has 4 saturated carbocycles. The molecule has 0 radical (unpaired) electrons. The molecule has 0 heterocycles. The quantitative estimate of drug-likeness (QED) is 0.192. The number of ether oxygens (including phenoxy) is 1. The van der Waals surface area contributed by atoms with Crippen LogP contribution in [0.4, 0.5) is 0 Å². The molecule has 0 aliphatic heterocycles. The Labute approximate surface area is 275 Å². The first-order valence-electron chi connectivity index (χ1n) is 18.1. The van der Waals surface area contributed by atoms with Gasteiger partial charge in [-0.15, -0.1) is 6.58 Å². The molecule has 4 fully saturated rings. The molecule has 0 amide bonds. The standard InChI is InChI=1S/C39H56O3.C3H6/c1-34(2,3)42-33(41)27-13-11-26(12-14-27)28-17-20-36(6)31(35(28,4)5)18-21-38(8)32(36)16-15-29-30-10-9-19-39(30,24-25-40)23-22-37(29,38)7;1-3-2/h11-14,17,25,29-32H,9-10,15-16,18-24H2,1-8H3;3H,1H2,2H3/t29?,30-,31?,32?,36?,37-,38?,39?;/m1./s1. The third kappa shape index (κ3) is 5.41. The Morgan fingerprint density at radius 2 is 1.56 bits per heavy atom. The molecular formula is C42H62O3. The van der Waals surface area contributed by atoms with Crippen molar-refractivity contribution in [1.82, 2.24) is 0 Å². The summed E-state index contributed by atoms with van der Waals surface area (Å²) in [5, 5.41) is 0. The van der Waals surface area contributed by atoms with Crippen LogP contribution in [-0.4, -0.2) is 17.9 Å². The fraction of sp³-hybridized carbons (Fsp3) is 0.714. The van der Waals surface area contributed by atoms with Gasteiger partial charge in [-0.25, -0.2) is 4.79 Å². The van der Waals surface area contributed by atoms with E-state index in [0.29, 0.717) is 27.7 Å². The number of allylic oxidation sites excluding steroid dienone is 3. The van der Waals surface area contributed by atoms with Crippen molar-refractivity contribution < 1.29 is 14.3 Å². The first-order valence-corrected chi connectivity index (χ1v) is 18.1. The van der Waals surface area contributed by atoms with Crippen molar-refractivity contribution >= 4 is 17.8 Å². The lowest BCUT2D eigenvalue weighted by Gasteiger charge is -2.72. The van der Waals surface area contributed by atoms with Crippen LogP contribution in [0.1, 0.15) is 149 Å². The summed E-state index contributed by atoms with van der Waals surface area (Å²) < 4.78 is 5.61. The zero-order valence-corrected chi connectivity index (χ0v) is 30.1. The average molecular weight is 615 g/mol. The van der Waals surface area contributed by atoms with Gasteiger partial charge in [-0.1, -0.05) is 65.3 Å². The lowest BCUT2D eigenvalue weighted by atomic mass is 9.32. The Bertz CT molecular complexity index is 1310. The van der Waals surface area contributed by atoms with Crippen LogP contribution in [0.2, 0.25) is 0 Å². The molecule has 3 nitrogen and oxygen atoms in total. The highest BCUT2D eigenvalue weighted by Gasteiger charge is 2.69. The van der Waals surface area contributed by atoms with Crippen molar-refractivity contribution in [3.05, 3.63) is 54.1 Å². The summed E-state index contributed by atoms with van der Waals surface area (Å²) >= 11 is 0. The smallest absolute Gasteiger partial charge is 0.338 e. The second-order valence-corrected chi connectivity index (χ2v) is 17.9. The van der Waals surface area contributed by atoms with Gasteiger partial charge in [0, 0.05) is 6.42 Å². The van der Waals surface area contributed by atoms with E-state index in [0.717, 1.165) is 30.6 Å². The number of hydrogen-bond donors (Lipinski definition) is 0. The number of hydrogen-bond acceptors (Lipinski definition) is 3. The zero-order valence-electron chi connectivity index (χ0n) is 30.1.